The Hall–Kier alpha value is -0.940. The van der Waals surface area contributed by atoms with Crippen LogP contribution in [-0.2, 0) is 9.84 Å². The summed E-state index contributed by atoms with van der Waals surface area (Å²) in [5.41, 5.74) is 0.529. The van der Waals surface area contributed by atoms with Crippen LogP contribution < -0.4 is 0 Å². The Morgan fingerprint density at radius 2 is 2.11 bits per heavy atom. The molecule has 6 heteroatoms. The Morgan fingerprint density at radius 3 is 2.67 bits per heavy atom. The predicted molar refractivity (Wildman–Crippen MR) is 67.2 cm³/mol. The van der Waals surface area contributed by atoms with Gasteiger partial charge in [0.15, 0.2) is 15.6 Å². The van der Waals surface area contributed by atoms with Crippen LogP contribution in [-0.4, -0.2) is 25.7 Å². The summed E-state index contributed by atoms with van der Waals surface area (Å²) < 4.78 is 35.9. The van der Waals surface area contributed by atoms with Gasteiger partial charge in [0, 0.05) is 11.5 Å². The molecule has 0 amide bonds. The van der Waals surface area contributed by atoms with Crippen molar-refractivity contribution < 1.29 is 17.6 Å². The van der Waals surface area contributed by atoms with Crippen LogP contribution in [0.25, 0.3) is 0 Å². The smallest absolute Gasteiger partial charge is 0.168 e. The van der Waals surface area contributed by atoms with Crippen molar-refractivity contribution in [2.75, 3.05) is 11.5 Å². The van der Waals surface area contributed by atoms with E-state index in [1.165, 1.54) is 13.0 Å². The van der Waals surface area contributed by atoms with Gasteiger partial charge in [-0.05, 0) is 31.0 Å². The number of benzene rings is 1. The van der Waals surface area contributed by atoms with Crippen molar-refractivity contribution in [3.8, 4) is 0 Å². The van der Waals surface area contributed by atoms with Gasteiger partial charge in [-0.15, -0.1) is 0 Å². The molecule has 0 bridgehead atoms. The molecule has 1 aliphatic rings. The van der Waals surface area contributed by atoms with Crippen molar-refractivity contribution in [1.29, 1.82) is 0 Å². The Labute approximate surface area is 110 Å². The van der Waals surface area contributed by atoms with Crippen molar-refractivity contribution >= 4 is 27.2 Å². The Balaban J connectivity index is 2.33. The molecule has 1 aliphatic heterocycles. The second kappa shape index (κ2) is 4.63. The molecule has 0 spiro atoms. The average molecular weight is 291 g/mol. The lowest BCUT2D eigenvalue weighted by Gasteiger charge is -2.09. The Morgan fingerprint density at radius 1 is 1.44 bits per heavy atom. The van der Waals surface area contributed by atoms with Gasteiger partial charge in [-0.1, -0.05) is 11.6 Å². The zero-order valence-electron chi connectivity index (χ0n) is 9.74. The fourth-order valence-corrected chi connectivity index (χ4v) is 4.05. The topological polar surface area (TPSA) is 51.2 Å². The first-order valence-electron chi connectivity index (χ1n) is 5.50. The van der Waals surface area contributed by atoms with E-state index in [0.29, 0.717) is 12.0 Å². The largest absolute Gasteiger partial charge is 0.294 e. The molecule has 3 nitrogen and oxygen atoms in total. The van der Waals surface area contributed by atoms with Crippen molar-refractivity contribution in [2.45, 2.75) is 13.3 Å². The molecule has 1 fully saturated rings. The number of halogens is 2. The fraction of sp³-hybridized carbons (Fsp3) is 0.417. The standard InChI is InChI=1S/C12H12ClFO3S/c1-7-4-9(10(13)5-11(7)14)12(15)8-2-3-18(16,17)6-8/h4-5,8H,2-3,6H2,1H3. The number of carbonyl (C=O) groups excluding carboxylic acids is 1. The Kier molecular flexibility index (Phi) is 3.47. The van der Waals surface area contributed by atoms with Crippen molar-refractivity contribution in [2.24, 2.45) is 5.92 Å². The van der Waals surface area contributed by atoms with Crippen LogP contribution in [0.3, 0.4) is 0 Å². The number of ketones is 1. The van der Waals surface area contributed by atoms with Crippen LogP contribution >= 0.6 is 11.6 Å². The molecule has 0 aliphatic carbocycles. The SMILES string of the molecule is Cc1cc(C(=O)C2CCS(=O)(=O)C2)c(Cl)cc1F. The molecule has 0 aromatic heterocycles. The predicted octanol–water partition coefficient (Wildman–Crippen LogP) is 2.40. The highest BCUT2D eigenvalue weighted by Crippen LogP contribution is 2.28. The van der Waals surface area contributed by atoms with Crippen LogP contribution in [0.4, 0.5) is 4.39 Å². The molecule has 2 rings (SSSR count). The van der Waals surface area contributed by atoms with Crippen LogP contribution in [0.1, 0.15) is 22.3 Å². The minimum atomic E-state index is -3.12. The van der Waals surface area contributed by atoms with Gasteiger partial charge in [0.2, 0.25) is 0 Å². The van der Waals surface area contributed by atoms with E-state index in [1.54, 1.807) is 0 Å². The molecule has 1 atom stereocenters. The number of rotatable bonds is 2. The van der Waals surface area contributed by atoms with E-state index in [4.69, 9.17) is 11.6 Å². The van der Waals surface area contributed by atoms with E-state index >= 15 is 0 Å². The van der Waals surface area contributed by atoms with E-state index in [1.807, 2.05) is 0 Å². The fourth-order valence-electron chi connectivity index (χ4n) is 2.07. The first-order valence-corrected chi connectivity index (χ1v) is 7.70. The van der Waals surface area contributed by atoms with Gasteiger partial charge in [0.1, 0.15) is 5.82 Å². The second-order valence-corrected chi connectivity index (χ2v) is 7.18. The van der Waals surface area contributed by atoms with Crippen molar-refractivity contribution in [3.05, 3.63) is 34.1 Å². The van der Waals surface area contributed by atoms with Gasteiger partial charge >= 0.3 is 0 Å². The van der Waals surface area contributed by atoms with E-state index in [2.05, 4.69) is 0 Å². The first kappa shape index (κ1) is 13.5. The normalized spacial score (nSPS) is 22.1. The third kappa shape index (κ3) is 2.57. The number of hydrogen-bond donors (Lipinski definition) is 0. The molecule has 0 radical (unpaired) electrons. The second-order valence-electron chi connectivity index (χ2n) is 4.55. The van der Waals surface area contributed by atoms with Gasteiger partial charge in [-0.2, -0.15) is 0 Å². The lowest BCUT2D eigenvalue weighted by Crippen LogP contribution is -2.17. The highest BCUT2D eigenvalue weighted by Gasteiger charge is 2.34. The summed E-state index contributed by atoms with van der Waals surface area (Å²) in [4.78, 5) is 12.1. The van der Waals surface area contributed by atoms with E-state index in [0.717, 1.165) is 6.07 Å². The van der Waals surface area contributed by atoms with Crippen molar-refractivity contribution in [3.63, 3.8) is 0 Å². The highest BCUT2D eigenvalue weighted by atomic mass is 35.5. The molecule has 1 aromatic carbocycles. The Bertz CT molecular complexity index is 610. The van der Waals surface area contributed by atoms with Crippen LogP contribution in [0.2, 0.25) is 5.02 Å². The lowest BCUT2D eigenvalue weighted by molar-refractivity contribution is 0.0933. The van der Waals surface area contributed by atoms with Gasteiger partial charge in [0.05, 0.1) is 16.5 Å². The molecule has 0 N–H and O–H groups in total. The summed E-state index contributed by atoms with van der Waals surface area (Å²) >= 11 is 5.84. The van der Waals surface area contributed by atoms with Crippen molar-refractivity contribution in [1.82, 2.24) is 0 Å². The maximum absolute atomic E-state index is 13.2. The summed E-state index contributed by atoms with van der Waals surface area (Å²) in [5, 5.41) is 0.0346. The van der Waals surface area contributed by atoms with Gasteiger partial charge in [-0.25, -0.2) is 12.8 Å². The number of Topliss-reactive ketones (excluding diaryl/α,β-unsaturated/α-hetero) is 1. The number of hydrogen-bond acceptors (Lipinski definition) is 3. The maximum Gasteiger partial charge on any atom is 0.168 e. The van der Waals surface area contributed by atoms with Gasteiger partial charge in [-0.3, -0.25) is 4.79 Å². The van der Waals surface area contributed by atoms with Crippen LogP contribution in [0, 0.1) is 18.7 Å². The zero-order valence-corrected chi connectivity index (χ0v) is 11.3. The van der Waals surface area contributed by atoms with Gasteiger partial charge < -0.3 is 0 Å². The minimum absolute atomic E-state index is 0.0290. The third-order valence-electron chi connectivity index (χ3n) is 3.12. The first-order chi connectivity index (χ1) is 8.30. The number of carbonyl (C=O) groups is 1. The average Bonchev–Trinajstić information content (AvgIpc) is 2.63. The summed E-state index contributed by atoms with van der Waals surface area (Å²) in [6, 6.07) is 2.47. The quantitative estimate of drug-likeness (QED) is 0.786. The zero-order chi connectivity index (χ0) is 13.5. The lowest BCUT2D eigenvalue weighted by atomic mass is 9.96. The van der Waals surface area contributed by atoms with Crippen LogP contribution in [0.5, 0.6) is 0 Å². The molecule has 1 heterocycles. The van der Waals surface area contributed by atoms with E-state index in [9.17, 15) is 17.6 Å². The number of sulfone groups is 1. The molecule has 0 saturated carbocycles. The highest BCUT2D eigenvalue weighted by molar-refractivity contribution is 7.91. The maximum atomic E-state index is 13.2. The third-order valence-corrected chi connectivity index (χ3v) is 5.20. The molecule has 18 heavy (non-hydrogen) atoms. The van der Waals surface area contributed by atoms with E-state index in [-0.39, 0.29) is 27.9 Å². The molecule has 98 valence electrons. The summed E-state index contributed by atoms with van der Waals surface area (Å²) in [7, 11) is -3.12. The molecule has 1 unspecified atom stereocenters. The van der Waals surface area contributed by atoms with Crippen LogP contribution in [0.15, 0.2) is 12.1 Å². The molecular weight excluding hydrogens is 279 g/mol. The summed E-state index contributed by atoms with van der Waals surface area (Å²) in [6.45, 7) is 1.54. The summed E-state index contributed by atoms with van der Waals surface area (Å²) in [6.07, 6.45) is 0.313. The number of aryl methyl sites for hydroxylation is 1. The van der Waals surface area contributed by atoms with E-state index < -0.39 is 21.6 Å². The molecular formula is C12H12ClFO3S. The molecule has 1 aromatic rings. The monoisotopic (exact) mass is 290 g/mol. The minimum Gasteiger partial charge on any atom is -0.294 e. The summed E-state index contributed by atoms with van der Waals surface area (Å²) in [5.74, 6) is -1.46. The molecule has 1 saturated heterocycles. The van der Waals surface area contributed by atoms with Gasteiger partial charge in [0.25, 0.3) is 0 Å².